The molecule has 0 saturated carbocycles. The smallest absolute Gasteiger partial charge is 0.159 e. The van der Waals surface area contributed by atoms with Gasteiger partial charge in [0.25, 0.3) is 0 Å². The SMILES string of the molecule is Cc1cnc(-c2ccc(N3C=CNC3c3cccnc3)cc2)nc1. The quantitative estimate of drug-likeness (QED) is 0.802. The van der Waals surface area contributed by atoms with E-state index in [9.17, 15) is 0 Å². The van der Waals surface area contributed by atoms with Crippen LogP contribution >= 0.6 is 0 Å². The molecule has 0 saturated heterocycles. The van der Waals surface area contributed by atoms with Gasteiger partial charge in [0.1, 0.15) is 6.17 Å². The molecule has 0 radical (unpaired) electrons. The van der Waals surface area contributed by atoms with Crippen LogP contribution in [0.1, 0.15) is 17.3 Å². The number of aromatic nitrogens is 3. The molecule has 0 amide bonds. The molecule has 5 nitrogen and oxygen atoms in total. The molecule has 1 unspecified atom stereocenters. The Balaban J connectivity index is 1.60. The number of anilines is 1. The average Bonchev–Trinajstić information content (AvgIpc) is 3.13. The van der Waals surface area contributed by atoms with E-state index in [2.05, 4.69) is 43.4 Å². The van der Waals surface area contributed by atoms with Gasteiger partial charge in [-0.3, -0.25) is 4.98 Å². The summed E-state index contributed by atoms with van der Waals surface area (Å²) in [5.74, 6) is 0.742. The molecule has 1 aliphatic rings. The fourth-order valence-electron chi connectivity index (χ4n) is 2.73. The monoisotopic (exact) mass is 315 g/mol. The number of nitrogens with one attached hydrogen (secondary N) is 1. The number of benzene rings is 1. The topological polar surface area (TPSA) is 53.9 Å². The molecule has 0 bridgehead atoms. The molecule has 5 heteroatoms. The standard InChI is InChI=1S/C19H17N5/c1-14-11-22-18(23-12-14)15-4-6-17(7-5-15)24-10-9-21-19(24)16-3-2-8-20-13-16/h2-13,19,21H,1H3. The maximum absolute atomic E-state index is 4.38. The van der Waals surface area contributed by atoms with Crippen LogP contribution in [0.3, 0.4) is 0 Å². The molecule has 0 spiro atoms. The molecular weight excluding hydrogens is 298 g/mol. The van der Waals surface area contributed by atoms with Crippen LogP contribution < -0.4 is 10.2 Å². The Bertz CT molecular complexity index is 841. The number of hydrogen-bond donors (Lipinski definition) is 1. The van der Waals surface area contributed by atoms with E-state index in [4.69, 9.17) is 0 Å². The van der Waals surface area contributed by atoms with E-state index < -0.39 is 0 Å². The van der Waals surface area contributed by atoms with Gasteiger partial charge >= 0.3 is 0 Å². The molecule has 24 heavy (non-hydrogen) atoms. The van der Waals surface area contributed by atoms with E-state index in [1.807, 2.05) is 56.1 Å². The highest BCUT2D eigenvalue weighted by molar-refractivity contribution is 5.62. The van der Waals surface area contributed by atoms with Crippen molar-refractivity contribution in [1.29, 1.82) is 0 Å². The minimum Gasteiger partial charge on any atom is -0.366 e. The Hall–Kier alpha value is -3.21. The summed E-state index contributed by atoms with van der Waals surface area (Å²) < 4.78 is 0. The van der Waals surface area contributed by atoms with Crippen molar-refractivity contribution < 1.29 is 0 Å². The zero-order chi connectivity index (χ0) is 16.4. The van der Waals surface area contributed by atoms with Crippen molar-refractivity contribution in [2.45, 2.75) is 13.1 Å². The molecule has 118 valence electrons. The predicted molar refractivity (Wildman–Crippen MR) is 93.9 cm³/mol. The van der Waals surface area contributed by atoms with Crippen molar-refractivity contribution in [1.82, 2.24) is 20.3 Å². The average molecular weight is 315 g/mol. The van der Waals surface area contributed by atoms with Gasteiger partial charge in [-0.2, -0.15) is 0 Å². The Morgan fingerprint density at radius 3 is 2.50 bits per heavy atom. The fraction of sp³-hybridized carbons (Fsp3) is 0.105. The van der Waals surface area contributed by atoms with Crippen molar-refractivity contribution in [3.05, 3.63) is 84.7 Å². The van der Waals surface area contributed by atoms with E-state index in [0.717, 1.165) is 28.2 Å². The minimum atomic E-state index is 0.0557. The van der Waals surface area contributed by atoms with Crippen LogP contribution in [0.4, 0.5) is 5.69 Å². The molecule has 3 aromatic rings. The van der Waals surface area contributed by atoms with E-state index in [-0.39, 0.29) is 6.17 Å². The van der Waals surface area contributed by atoms with Gasteiger partial charge < -0.3 is 10.2 Å². The van der Waals surface area contributed by atoms with Crippen molar-refractivity contribution in [3.8, 4) is 11.4 Å². The summed E-state index contributed by atoms with van der Waals surface area (Å²) in [6.07, 6.45) is 11.4. The van der Waals surface area contributed by atoms with E-state index in [0.29, 0.717) is 0 Å². The molecular formula is C19H17N5. The van der Waals surface area contributed by atoms with Gasteiger partial charge in [-0.15, -0.1) is 0 Å². The lowest BCUT2D eigenvalue weighted by atomic mass is 10.1. The van der Waals surface area contributed by atoms with Crippen molar-refractivity contribution in [3.63, 3.8) is 0 Å². The minimum absolute atomic E-state index is 0.0557. The summed E-state index contributed by atoms with van der Waals surface area (Å²) in [6, 6.07) is 12.3. The summed E-state index contributed by atoms with van der Waals surface area (Å²) in [4.78, 5) is 15.1. The van der Waals surface area contributed by atoms with Crippen LogP contribution in [0, 0.1) is 6.92 Å². The lowest BCUT2D eigenvalue weighted by molar-refractivity contribution is 0.664. The Kier molecular flexibility index (Phi) is 3.67. The normalized spacial score (nSPS) is 16.2. The lowest BCUT2D eigenvalue weighted by Crippen LogP contribution is -2.26. The van der Waals surface area contributed by atoms with Gasteiger partial charge in [0.05, 0.1) is 0 Å². The Morgan fingerprint density at radius 2 is 1.79 bits per heavy atom. The molecule has 2 aromatic heterocycles. The second kappa shape index (κ2) is 6.12. The molecule has 1 atom stereocenters. The van der Waals surface area contributed by atoms with Crippen LogP contribution in [0.25, 0.3) is 11.4 Å². The van der Waals surface area contributed by atoms with Gasteiger partial charge in [0.15, 0.2) is 5.82 Å². The number of hydrogen-bond acceptors (Lipinski definition) is 5. The third kappa shape index (κ3) is 2.72. The third-order valence-corrected chi connectivity index (χ3v) is 3.97. The molecule has 1 aromatic carbocycles. The number of pyridine rings is 1. The lowest BCUT2D eigenvalue weighted by Gasteiger charge is -2.25. The van der Waals surface area contributed by atoms with Crippen molar-refractivity contribution in [2.24, 2.45) is 0 Å². The van der Waals surface area contributed by atoms with Gasteiger partial charge in [0, 0.05) is 54.0 Å². The second-order valence-electron chi connectivity index (χ2n) is 5.71. The highest BCUT2D eigenvalue weighted by Crippen LogP contribution is 2.29. The van der Waals surface area contributed by atoms with Crippen LogP contribution in [0.5, 0.6) is 0 Å². The highest BCUT2D eigenvalue weighted by Gasteiger charge is 2.22. The second-order valence-corrected chi connectivity index (χ2v) is 5.71. The molecule has 3 heterocycles. The first-order valence-corrected chi connectivity index (χ1v) is 7.81. The van der Waals surface area contributed by atoms with Gasteiger partial charge in [0.2, 0.25) is 0 Å². The maximum Gasteiger partial charge on any atom is 0.159 e. The summed E-state index contributed by atoms with van der Waals surface area (Å²) in [6.45, 7) is 1.98. The maximum atomic E-state index is 4.38. The van der Waals surface area contributed by atoms with E-state index in [1.54, 1.807) is 6.20 Å². The van der Waals surface area contributed by atoms with Gasteiger partial charge in [-0.25, -0.2) is 9.97 Å². The van der Waals surface area contributed by atoms with E-state index in [1.165, 1.54) is 0 Å². The number of rotatable bonds is 3. The molecule has 4 rings (SSSR count). The Morgan fingerprint density at radius 1 is 1.00 bits per heavy atom. The zero-order valence-corrected chi connectivity index (χ0v) is 13.3. The highest BCUT2D eigenvalue weighted by atomic mass is 15.3. The fourth-order valence-corrected chi connectivity index (χ4v) is 2.73. The summed E-state index contributed by atoms with van der Waals surface area (Å²) >= 11 is 0. The van der Waals surface area contributed by atoms with Gasteiger partial charge in [-0.05, 0) is 42.8 Å². The van der Waals surface area contributed by atoms with Crippen LogP contribution in [-0.4, -0.2) is 15.0 Å². The van der Waals surface area contributed by atoms with Crippen molar-refractivity contribution >= 4 is 5.69 Å². The molecule has 1 aliphatic heterocycles. The van der Waals surface area contributed by atoms with Crippen LogP contribution in [0.15, 0.2) is 73.6 Å². The predicted octanol–water partition coefficient (Wildman–Crippen LogP) is 3.43. The number of nitrogens with zero attached hydrogens (tertiary/aromatic N) is 4. The third-order valence-electron chi connectivity index (χ3n) is 3.97. The summed E-state index contributed by atoms with van der Waals surface area (Å²) in [5, 5.41) is 3.35. The Labute approximate surface area is 140 Å². The molecule has 0 aliphatic carbocycles. The van der Waals surface area contributed by atoms with Crippen LogP contribution in [-0.2, 0) is 0 Å². The largest absolute Gasteiger partial charge is 0.366 e. The first-order chi connectivity index (χ1) is 11.8. The van der Waals surface area contributed by atoms with Gasteiger partial charge in [-0.1, -0.05) is 6.07 Å². The number of aryl methyl sites for hydroxylation is 1. The molecule has 0 fully saturated rings. The first-order valence-electron chi connectivity index (χ1n) is 7.81. The summed E-state index contributed by atoms with van der Waals surface area (Å²) in [5.41, 5.74) is 4.28. The molecule has 1 N–H and O–H groups in total. The first kappa shape index (κ1) is 14.4. The van der Waals surface area contributed by atoms with Crippen LogP contribution in [0.2, 0.25) is 0 Å². The van der Waals surface area contributed by atoms with Crippen molar-refractivity contribution in [2.75, 3.05) is 4.90 Å². The zero-order valence-electron chi connectivity index (χ0n) is 13.3. The summed E-state index contributed by atoms with van der Waals surface area (Å²) in [7, 11) is 0. The van der Waals surface area contributed by atoms with E-state index >= 15 is 0 Å².